The van der Waals surface area contributed by atoms with Crippen LogP contribution in [-0.2, 0) is 17.8 Å². The van der Waals surface area contributed by atoms with Crippen molar-refractivity contribution in [1.82, 2.24) is 19.9 Å². The fraction of sp³-hybridized carbons (Fsp3) is 0.346. The molecule has 6 heteroatoms. The smallest absolute Gasteiger partial charge is 0.246 e. The van der Waals surface area contributed by atoms with Crippen molar-refractivity contribution in [3.63, 3.8) is 0 Å². The highest BCUT2D eigenvalue weighted by Gasteiger charge is 2.21. The van der Waals surface area contributed by atoms with Gasteiger partial charge < -0.3 is 9.64 Å². The van der Waals surface area contributed by atoms with Crippen LogP contribution in [-0.4, -0.2) is 46.0 Å². The van der Waals surface area contributed by atoms with Gasteiger partial charge in [-0.1, -0.05) is 47.7 Å². The molecule has 1 saturated heterocycles. The predicted octanol–water partition coefficient (Wildman–Crippen LogP) is 4.22. The van der Waals surface area contributed by atoms with Crippen molar-refractivity contribution in [2.24, 2.45) is 5.92 Å². The van der Waals surface area contributed by atoms with Crippen LogP contribution < -0.4 is 4.74 Å². The second-order valence-corrected chi connectivity index (χ2v) is 8.32. The number of carbonyl (C=O) groups is 1. The lowest BCUT2D eigenvalue weighted by atomic mass is 9.90. The SMILES string of the molecule is COc1ccc(CCC2CCN(C(=O)/C=C/c3cn(Cc4ccccc4)nn3)CC2)cc1. The lowest BCUT2D eigenvalue weighted by Crippen LogP contribution is -2.37. The van der Waals surface area contributed by atoms with Crippen LogP contribution in [0.2, 0.25) is 0 Å². The van der Waals surface area contributed by atoms with Gasteiger partial charge >= 0.3 is 0 Å². The summed E-state index contributed by atoms with van der Waals surface area (Å²) in [5.74, 6) is 1.62. The molecule has 0 unspecified atom stereocenters. The summed E-state index contributed by atoms with van der Waals surface area (Å²) in [6.45, 7) is 2.30. The number of benzene rings is 2. The van der Waals surface area contributed by atoms with Gasteiger partial charge in [0, 0.05) is 19.2 Å². The summed E-state index contributed by atoms with van der Waals surface area (Å²) in [4.78, 5) is 14.5. The summed E-state index contributed by atoms with van der Waals surface area (Å²) >= 11 is 0. The predicted molar refractivity (Wildman–Crippen MR) is 125 cm³/mol. The fourth-order valence-electron chi connectivity index (χ4n) is 4.10. The number of amides is 1. The third-order valence-electron chi connectivity index (χ3n) is 6.07. The van der Waals surface area contributed by atoms with Crippen molar-refractivity contribution in [1.29, 1.82) is 0 Å². The Labute approximate surface area is 189 Å². The van der Waals surface area contributed by atoms with E-state index in [9.17, 15) is 4.79 Å². The van der Waals surface area contributed by atoms with E-state index < -0.39 is 0 Å². The van der Waals surface area contributed by atoms with Crippen LogP contribution in [0.1, 0.15) is 36.1 Å². The molecule has 1 aromatic heterocycles. The summed E-state index contributed by atoms with van der Waals surface area (Å²) in [6.07, 6.45) is 9.59. The molecule has 1 fully saturated rings. The van der Waals surface area contributed by atoms with E-state index in [2.05, 4.69) is 34.6 Å². The first-order chi connectivity index (χ1) is 15.7. The minimum atomic E-state index is 0.0520. The summed E-state index contributed by atoms with van der Waals surface area (Å²) in [6, 6.07) is 18.4. The number of nitrogens with zero attached hydrogens (tertiary/aromatic N) is 4. The molecule has 0 N–H and O–H groups in total. The highest BCUT2D eigenvalue weighted by atomic mass is 16.5. The van der Waals surface area contributed by atoms with Gasteiger partial charge in [-0.3, -0.25) is 4.79 Å². The molecular formula is C26H30N4O2. The third kappa shape index (κ3) is 6.06. The Kier molecular flexibility index (Phi) is 7.33. The molecule has 2 aromatic carbocycles. The van der Waals surface area contributed by atoms with Crippen LogP contribution in [0.4, 0.5) is 0 Å². The molecule has 1 aliphatic rings. The molecular weight excluding hydrogens is 400 g/mol. The van der Waals surface area contributed by atoms with E-state index in [1.165, 1.54) is 11.1 Å². The van der Waals surface area contributed by atoms with Crippen molar-refractivity contribution in [2.75, 3.05) is 20.2 Å². The van der Waals surface area contributed by atoms with Gasteiger partial charge in [0.2, 0.25) is 5.91 Å². The van der Waals surface area contributed by atoms with Crippen LogP contribution in [0.5, 0.6) is 5.75 Å². The zero-order chi connectivity index (χ0) is 22.2. The highest BCUT2D eigenvalue weighted by molar-refractivity contribution is 5.91. The Bertz CT molecular complexity index is 1020. The van der Waals surface area contributed by atoms with Crippen LogP contribution in [0.25, 0.3) is 6.08 Å². The van der Waals surface area contributed by atoms with Crippen molar-refractivity contribution in [2.45, 2.75) is 32.2 Å². The summed E-state index contributed by atoms with van der Waals surface area (Å²) < 4.78 is 7.01. The first kappa shape index (κ1) is 21.8. The standard InChI is InChI=1S/C26H30N4O2/c1-32-25-12-9-21(10-13-25)7-8-22-15-17-29(18-16-22)26(31)14-11-24-20-30(28-27-24)19-23-5-3-2-4-6-23/h2-6,9-14,20,22H,7-8,15-19H2,1H3/b14-11+. The van der Waals surface area contributed by atoms with Crippen molar-refractivity contribution in [3.8, 4) is 5.75 Å². The molecule has 3 aromatic rings. The number of methoxy groups -OCH3 is 1. The Hall–Kier alpha value is -3.41. The molecule has 2 heterocycles. The number of aryl methyl sites for hydroxylation is 1. The normalized spacial score (nSPS) is 14.7. The average molecular weight is 431 g/mol. The van der Waals surface area contributed by atoms with Crippen molar-refractivity contribution in [3.05, 3.63) is 83.7 Å². The molecule has 0 atom stereocenters. The number of likely N-dealkylation sites (tertiary alicyclic amines) is 1. The Balaban J connectivity index is 1.21. The second kappa shape index (κ2) is 10.8. The second-order valence-electron chi connectivity index (χ2n) is 8.32. The number of carbonyl (C=O) groups excluding carboxylic acids is 1. The van der Waals surface area contributed by atoms with E-state index in [0.29, 0.717) is 18.2 Å². The van der Waals surface area contributed by atoms with Gasteiger partial charge in [0.1, 0.15) is 11.4 Å². The quantitative estimate of drug-likeness (QED) is 0.502. The van der Waals surface area contributed by atoms with Gasteiger partial charge in [0.15, 0.2) is 0 Å². The minimum Gasteiger partial charge on any atom is -0.497 e. The zero-order valence-corrected chi connectivity index (χ0v) is 18.6. The van der Waals surface area contributed by atoms with E-state index in [4.69, 9.17) is 4.74 Å². The largest absolute Gasteiger partial charge is 0.497 e. The van der Waals surface area contributed by atoms with E-state index in [-0.39, 0.29) is 5.91 Å². The average Bonchev–Trinajstić information content (AvgIpc) is 3.29. The Morgan fingerprint density at radius 2 is 1.81 bits per heavy atom. The van der Waals surface area contributed by atoms with Crippen LogP contribution in [0, 0.1) is 5.92 Å². The first-order valence-electron chi connectivity index (χ1n) is 11.2. The molecule has 1 aliphatic heterocycles. The first-order valence-corrected chi connectivity index (χ1v) is 11.2. The topological polar surface area (TPSA) is 60.2 Å². The molecule has 32 heavy (non-hydrogen) atoms. The van der Waals surface area contributed by atoms with Gasteiger partial charge in [-0.15, -0.1) is 5.10 Å². The maximum atomic E-state index is 12.6. The van der Waals surface area contributed by atoms with Gasteiger partial charge in [-0.2, -0.15) is 0 Å². The summed E-state index contributed by atoms with van der Waals surface area (Å²) in [5.41, 5.74) is 3.20. The maximum Gasteiger partial charge on any atom is 0.246 e. The molecule has 0 aliphatic carbocycles. The number of rotatable bonds is 8. The van der Waals surface area contributed by atoms with Crippen molar-refractivity contribution >= 4 is 12.0 Å². The monoisotopic (exact) mass is 430 g/mol. The molecule has 0 radical (unpaired) electrons. The number of piperidine rings is 1. The van der Waals surface area contributed by atoms with E-state index in [1.807, 2.05) is 41.4 Å². The van der Waals surface area contributed by atoms with E-state index >= 15 is 0 Å². The zero-order valence-electron chi connectivity index (χ0n) is 18.6. The summed E-state index contributed by atoms with van der Waals surface area (Å²) in [7, 11) is 1.69. The van der Waals surface area contributed by atoms with Gasteiger partial charge in [-0.05, 0) is 60.9 Å². The molecule has 4 rings (SSSR count). The molecule has 0 bridgehead atoms. The highest BCUT2D eigenvalue weighted by Crippen LogP contribution is 2.23. The van der Waals surface area contributed by atoms with Crippen LogP contribution >= 0.6 is 0 Å². The number of ether oxygens (including phenoxy) is 1. The lowest BCUT2D eigenvalue weighted by Gasteiger charge is -2.31. The maximum absolute atomic E-state index is 12.6. The summed E-state index contributed by atoms with van der Waals surface area (Å²) in [5, 5.41) is 8.30. The van der Waals surface area contributed by atoms with Gasteiger partial charge in [0.05, 0.1) is 19.9 Å². The molecule has 6 nitrogen and oxygen atoms in total. The number of hydrogen-bond donors (Lipinski definition) is 0. The third-order valence-corrected chi connectivity index (χ3v) is 6.07. The number of aromatic nitrogens is 3. The van der Waals surface area contributed by atoms with Gasteiger partial charge in [0.25, 0.3) is 0 Å². The van der Waals surface area contributed by atoms with Crippen LogP contribution in [0.3, 0.4) is 0 Å². The molecule has 0 saturated carbocycles. The minimum absolute atomic E-state index is 0.0520. The number of hydrogen-bond acceptors (Lipinski definition) is 4. The van der Waals surface area contributed by atoms with E-state index in [1.54, 1.807) is 23.9 Å². The Morgan fingerprint density at radius 1 is 1.06 bits per heavy atom. The Morgan fingerprint density at radius 3 is 2.53 bits per heavy atom. The molecule has 166 valence electrons. The van der Waals surface area contributed by atoms with Crippen molar-refractivity contribution < 1.29 is 9.53 Å². The molecule has 1 amide bonds. The molecule has 0 spiro atoms. The fourth-order valence-corrected chi connectivity index (χ4v) is 4.10. The van der Waals surface area contributed by atoms with Gasteiger partial charge in [-0.25, -0.2) is 4.68 Å². The van der Waals surface area contributed by atoms with E-state index in [0.717, 1.165) is 44.5 Å². The van der Waals surface area contributed by atoms with Crippen LogP contribution in [0.15, 0.2) is 66.9 Å². The lowest BCUT2D eigenvalue weighted by molar-refractivity contribution is -0.127.